The van der Waals surface area contributed by atoms with Crippen LogP contribution < -0.4 is 10.3 Å². The van der Waals surface area contributed by atoms with Crippen molar-refractivity contribution in [3.8, 4) is 0 Å². The van der Waals surface area contributed by atoms with Gasteiger partial charge in [-0.25, -0.2) is 18.7 Å². The summed E-state index contributed by atoms with van der Waals surface area (Å²) < 4.78 is 33.4. The molecule has 8 heteroatoms. The van der Waals surface area contributed by atoms with Crippen LogP contribution in [0.4, 0.5) is 11.5 Å². The first kappa shape index (κ1) is 14.1. The molecular formula is C11H8Cl2N2O3S. The molecule has 2 rings (SSSR count). The van der Waals surface area contributed by atoms with Gasteiger partial charge >= 0.3 is 0 Å². The van der Waals surface area contributed by atoms with E-state index in [-0.39, 0.29) is 5.82 Å². The molecule has 100 valence electrons. The monoisotopic (exact) mass is 318 g/mol. The number of rotatable bonds is 3. The second kappa shape index (κ2) is 5.34. The van der Waals surface area contributed by atoms with Gasteiger partial charge in [0.1, 0.15) is 15.0 Å². The first-order valence-electron chi connectivity index (χ1n) is 5.07. The number of anilines is 2. The van der Waals surface area contributed by atoms with Crippen LogP contribution >= 0.6 is 23.2 Å². The third kappa shape index (κ3) is 3.16. The zero-order valence-electron chi connectivity index (χ0n) is 9.35. The Hall–Kier alpha value is -1.34. The molecule has 0 spiro atoms. The molecule has 0 aliphatic carbocycles. The number of H-pyrrole nitrogens is 1. The Labute approximate surface area is 119 Å². The molecule has 1 heterocycles. The van der Waals surface area contributed by atoms with E-state index in [9.17, 15) is 13.0 Å². The SMILES string of the molecule is O=S(=O)([O-])c1ccc[nH+]c1Nc1c(Cl)cccc1Cl. The van der Waals surface area contributed by atoms with Crippen molar-refractivity contribution in [2.45, 2.75) is 4.90 Å². The fraction of sp³-hybridized carbons (Fsp3) is 0. The highest BCUT2D eigenvalue weighted by Gasteiger charge is 2.18. The maximum atomic E-state index is 11.1. The van der Waals surface area contributed by atoms with E-state index in [4.69, 9.17) is 23.2 Å². The largest absolute Gasteiger partial charge is 0.744 e. The van der Waals surface area contributed by atoms with Gasteiger partial charge in [0.25, 0.3) is 5.82 Å². The number of hydrogen-bond acceptors (Lipinski definition) is 4. The van der Waals surface area contributed by atoms with Crippen molar-refractivity contribution in [3.63, 3.8) is 0 Å². The molecule has 2 aromatic rings. The molecular weight excluding hydrogens is 311 g/mol. The number of para-hydroxylation sites is 1. The van der Waals surface area contributed by atoms with Crippen LogP contribution in [-0.4, -0.2) is 13.0 Å². The Balaban J connectivity index is 2.51. The van der Waals surface area contributed by atoms with E-state index in [1.807, 2.05) is 0 Å². The lowest BCUT2D eigenvalue weighted by Gasteiger charge is -2.09. The van der Waals surface area contributed by atoms with Gasteiger partial charge in [0, 0.05) is 0 Å². The van der Waals surface area contributed by atoms with Gasteiger partial charge in [0.05, 0.1) is 16.2 Å². The molecule has 0 aliphatic rings. The van der Waals surface area contributed by atoms with Crippen LogP contribution in [0.25, 0.3) is 0 Å². The average molecular weight is 319 g/mol. The maximum absolute atomic E-state index is 11.1. The normalized spacial score (nSPS) is 11.3. The highest BCUT2D eigenvalue weighted by atomic mass is 35.5. The van der Waals surface area contributed by atoms with Crippen LogP contribution in [0.1, 0.15) is 0 Å². The third-order valence-corrected chi connectivity index (χ3v) is 3.81. The fourth-order valence-electron chi connectivity index (χ4n) is 1.47. The summed E-state index contributed by atoms with van der Waals surface area (Å²) in [6.45, 7) is 0. The summed E-state index contributed by atoms with van der Waals surface area (Å²) in [6, 6.07) is 7.42. The molecule has 0 atom stereocenters. The van der Waals surface area contributed by atoms with Gasteiger partial charge < -0.3 is 4.55 Å². The van der Waals surface area contributed by atoms with Crippen molar-refractivity contribution in [2.75, 3.05) is 5.32 Å². The lowest BCUT2D eigenvalue weighted by molar-refractivity contribution is -0.363. The van der Waals surface area contributed by atoms with Crippen molar-refractivity contribution in [3.05, 3.63) is 46.6 Å². The Morgan fingerprint density at radius 2 is 1.74 bits per heavy atom. The molecule has 0 bridgehead atoms. The molecule has 0 unspecified atom stereocenters. The minimum absolute atomic E-state index is 0.00694. The van der Waals surface area contributed by atoms with Gasteiger partial charge in [-0.3, -0.25) is 0 Å². The van der Waals surface area contributed by atoms with Gasteiger partial charge in [-0.2, -0.15) is 0 Å². The summed E-state index contributed by atoms with van der Waals surface area (Å²) in [4.78, 5) is 2.23. The van der Waals surface area contributed by atoms with Crippen LogP contribution in [0.3, 0.4) is 0 Å². The lowest BCUT2D eigenvalue weighted by Crippen LogP contribution is -2.15. The molecule has 2 N–H and O–H groups in total. The van der Waals surface area contributed by atoms with Gasteiger partial charge in [0.15, 0.2) is 5.69 Å². The number of aromatic amines is 1. The van der Waals surface area contributed by atoms with E-state index in [1.54, 1.807) is 18.2 Å². The second-order valence-corrected chi connectivity index (χ2v) is 5.75. The zero-order valence-corrected chi connectivity index (χ0v) is 11.7. The van der Waals surface area contributed by atoms with Crippen molar-refractivity contribution in [2.24, 2.45) is 0 Å². The van der Waals surface area contributed by atoms with E-state index in [0.717, 1.165) is 0 Å². The van der Waals surface area contributed by atoms with Crippen LogP contribution in [0.2, 0.25) is 10.0 Å². The van der Waals surface area contributed by atoms with Crippen LogP contribution in [0, 0.1) is 0 Å². The molecule has 0 fully saturated rings. The van der Waals surface area contributed by atoms with Crippen molar-refractivity contribution >= 4 is 44.8 Å². The molecule has 1 aromatic carbocycles. The van der Waals surface area contributed by atoms with Crippen LogP contribution in [-0.2, 0) is 10.1 Å². The van der Waals surface area contributed by atoms with Crippen LogP contribution in [0.5, 0.6) is 0 Å². The van der Waals surface area contributed by atoms with Crippen molar-refractivity contribution in [1.29, 1.82) is 0 Å². The van der Waals surface area contributed by atoms with E-state index in [0.29, 0.717) is 15.7 Å². The van der Waals surface area contributed by atoms with Crippen molar-refractivity contribution in [1.82, 2.24) is 0 Å². The minimum Gasteiger partial charge on any atom is -0.744 e. The predicted molar refractivity (Wildman–Crippen MR) is 70.7 cm³/mol. The number of benzene rings is 1. The standard InChI is InChI=1S/C11H8Cl2N2O3S/c12-7-3-1-4-8(13)10(7)15-11-9(19(16,17)18)5-2-6-14-11/h1-6H,(H,14,15)(H,16,17,18). The zero-order chi connectivity index (χ0) is 14.0. The topological polar surface area (TPSA) is 83.4 Å². The molecule has 19 heavy (non-hydrogen) atoms. The van der Waals surface area contributed by atoms with E-state index < -0.39 is 15.0 Å². The number of hydrogen-bond donors (Lipinski definition) is 1. The Bertz CT molecular complexity index is 699. The Morgan fingerprint density at radius 1 is 1.11 bits per heavy atom. The summed E-state index contributed by atoms with van der Waals surface area (Å²) in [5.41, 5.74) is 0.318. The number of nitrogens with one attached hydrogen (secondary N) is 2. The summed E-state index contributed by atoms with van der Waals surface area (Å²) in [7, 11) is -4.61. The first-order valence-corrected chi connectivity index (χ1v) is 7.23. The summed E-state index contributed by atoms with van der Waals surface area (Å²) in [5.74, 6) is 0.00694. The number of halogens is 2. The first-order chi connectivity index (χ1) is 8.89. The third-order valence-electron chi connectivity index (χ3n) is 2.30. The second-order valence-electron chi connectivity index (χ2n) is 3.59. The molecule has 0 saturated heterocycles. The van der Waals surface area contributed by atoms with E-state index >= 15 is 0 Å². The Kier molecular flexibility index (Phi) is 3.96. The number of pyridine rings is 1. The van der Waals surface area contributed by atoms with Gasteiger partial charge in [-0.15, -0.1) is 0 Å². The summed E-state index contributed by atoms with van der Waals surface area (Å²) >= 11 is 11.9. The smallest absolute Gasteiger partial charge is 0.295 e. The summed E-state index contributed by atoms with van der Waals surface area (Å²) in [5, 5.41) is 3.33. The molecule has 0 saturated carbocycles. The van der Waals surface area contributed by atoms with E-state index in [2.05, 4.69) is 10.3 Å². The predicted octanol–water partition coefficient (Wildman–Crippen LogP) is 2.46. The van der Waals surface area contributed by atoms with E-state index in [1.165, 1.54) is 18.3 Å². The molecule has 1 aromatic heterocycles. The highest BCUT2D eigenvalue weighted by molar-refractivity contribution is 7.85. The van der Waals surface area contributed by atoms with Crippen LogP contribution in [0.15, 0.2) is 41.4 Å². The quantitative estimate of drug-likeness (QED) is 0.881. The molecule has 0 amide bonds. The van der Waals surface area contributed by atoms with Crippen molar-refractivity contribution < 1.29 is 18.0 Å². The van der Waals surface area contributed by atoms with Gasteiger partial charge in [0.2, 0.25) is 0 Å². The lowest BCUT2D eigenvalue weighted by atomic mass is 10.3. The molecule has 0 aliphatic heterocycles. The molecule has 5 nitrogen and oxygen atoms in total. The summed E-state index contributed by atoms with van der Waals surface area (Å²) in [6.07, 6.45) is 1.47. The maximum Gasteiger partial charge on any atom is 0.295 e. The molecule has 0 radical (unpaired) electrons. The van der Waals surface area contributed by atoms with Gasteiger partial charge in [-0.05, 0) is 24.3 Å². The fourth-order valence-corrected chi connectivity index (χ4v) is 2.57. The van der Waals surface area contributed by atoms with Gasteiger partial charge in [-0.1, -0.05) is 29.3 Å². The average Bonchev–Trinajstić information content (AvgIpc) is 2.33. The minimum atomic E-state index is -4.61. The number of aromatic nitrogens is 1. The highest BCUT2D eigenvalue weighted by Crippen LogP contribution is 2.32. The Morgan fingerprint density at radius 3 is 2.32 bits per heavy atom.